The first-order valence-corrected chi connectivity index (χ1v) is 8.34. The maximum absolute atomic E-state index is 13.3. The lowest BCUT2D eigenvalue weighted by atomic mass is 10.1. The lowest BCUT2D eigenvalue weighted by Crippen LogP contribution is -2.20. The van der Waals surface area contributed by atoms with Gasteiger partial charge >= 0.3 is 0 Å². The van der Waals surface area contributed by atoms with Crippen molar-refractivity contribution in [3.63, 3.8) is 0 Å². The summed E-state index contributed by atoms with van der Waals surface area (Å²) in [7, 11) is 0. The summed E-state index contributed by atoms with van der Waals surface area (Å²) in [6.07, 6.45) is 0. The number of rotatable bonds is 4. The normalized spacial score (nSPS) is 12.9. The van der Waals surface area contributed by atoms with E-state index in [1.165, 1.54) is 21.4 Å². The summed E-state index contributed by atoms with van der Waals surface area (Å²) < 4.78 is 14.3. The van der Waals surface area contributed by atoms with Crippen LogP contribution in [0.5, 0.6) is 0 Å². The van der Waals surface area contributed by atoms with Crippen LogP contribution < -0.4 is 5.32 Å². The second-order valence-corrected chi connectivity index (χ2v) is 7.04. The Kier molecular flexibility index (Phi) is 3.87. The van der Waals surface area contributed by atoms with Gasteiger partial charge in [0, 0.05) is 14.5 Å². The van der Waals surface area contributed by atoms with Crippen LogP contribution in [0.3, 0.4) is 0 Å². The molecule has 104 valence electrons. The number of hydrogen-bond donors (Lipinski definition) is 1. The third kappa shape index (κ3) is 2.64. The number of fused-ring (bicyclic) bond motifs is 1. The van der Waals surface area contributed by atoms with Gasteiger partial charge in [0.05, 0.1) is 6.04 Å². The molecular weight excluding hydrogens is 289 g/mol. The number of aryl methyl sites for hydroxylation is 1. The first-order chi connectivity index (χ1) is 9.67. The fourth-order valence-electron chi connectivity index (χ4n) is 2.37. The van der Waals surface area contributed by atoms with Gasteiger partial charge in [-0.3, -0.25) is 0 Å². The molecule has 3 aromatic rings. The lowest BCUT2D eigenvalue weighted by molar-refractivity contribution is 0.630. The molecule has 0 aliphatic carbocycles. The van der Waals surface area contributed by atoms with Crippen LogP contribution in [0.25, 0.3) is 10.1 Å². The van der Waals surface area contributed by atoms with Crippen molar-refractivity contribution in [3.8, 4) is 0 Å². The Bertz CT molecular complexity index is 729. The molecule has 1 unspecified atom stereocenters. The molecule has 0 amide bonds. The summed E-state index contributed by atoms with van der Waals surface area (Å²) in [5, 5.41) is 6.84. The van der Waals surface area contributed by atoms with E-state index < -0.39 is 0 Å². The average Bonchev–Trinajstić information content (AvgIpc) is 3.01. The minimum absolute atomic E-state index is 0.169. The molecule has 0 saturated heterocycles. The van der Waals surface area contributed by atoms with Gasteiger partial charge in [-0.15, -0.1) is 22.7 Å². The van der Waals surface area contributed by atoms with Crippen molar-refractivity contribution < 1.29 is 4.39 Å². The molecule has 0 bridgehead atoms. The molecule has 1 N–H and O–H groups in total. The van der Waals surface area contributed by atoms with E-state index >= 15 is 0 Å². The highest BCUT2D eigenvalue weighted by molar-refractivity contribution is 7.19. The molecule has 20 heavy (non-hydrogen) atoms. The molecule has 0 aliphatic rings. The highest BCUT2D eigenvalue weighted by Crippen LogP contribution is 2.34. The monoisotopic (exact) mass is 305 g/mol. The molecule has 2 heterocycles. The van der Waals surface area contributed by atoms with Crippen LogP contribution in [-0.4, -0.2) is 6.54 Å². The summed E-state index contributed by atoms with van der Waals surface area (Å²) in [5.41, 5.74) is 1.29. The maximum Gasteiger partial charge on any atom is 0.124 e. The van der Waals surface area contributed by atoms with Crippen molar-refractivity contribution in [2.45, 2.75) is 19.9 Å². The predicted molar refractivity (Wildman–Crippen MR) is 86.4 cm³/mol. The molecular formula is C16H16FNS2. The molecule has 4 heteroatoms. The first-order valence-electron chi connectivity index (χ1n) is 6.65. The molecule has 0 saturated carbocycles. The molecule has 0 fully saturated rings. The highest BCUT2D eigenvalue weighted by Gasteiger charge is 2.17. The predicted octanol–water partition coefficient (Wildman–Crippen LogP) is 5.11. The third-order valence-corrected chi connectivity index (χ3v) is 5.32. The smallest absolute Gasteiger partial charge is 0.124 e. The van der Waals surface area contributed by atoms with E-state index in [0.717, 1.165) is 16.6 Å². The summed E-state index contributed by atoms with van der Waals surface area (Å²) in [5.74, 6) is -0.169. The van der Waals surface area contributed by atoms with Crippen molar-refractivity contribution in [3.05, 3.63) is 56.8 Å². The summed E-state index contributed by atoms with van der Waals surface area (Å²) >= 11 is 3.43. The van der Waals surface area contributed by atoms with E-state index in [-0.39, 0.29) is 11.9 Å². The van der Waals surface area contributed by atoms with Crippen LogP contribution in [0.4, 0.5) is 4.39 Å². The zero-order chi connectivity index (χ0) is 14.1. The van der Waals surface area contributed by atoms with Crippen LogP contribution in [0.1, 0.15) is 28.3 Å². The Labute approximate surface area is 126 Å². The second-order valence-electron chi connectivity index (χ2n) is 4.81. The van der Waals surface area contributed by atoms with Crippen molar-refractivity contribution >= 4 is 32.8 Å². The Balaban J connectivity index is 2.04. The minimum Gasteiger partial charge on any atom is -0.306 e. The topological polar surface area (TPSA) is 12.0 Å². The third-order valence-electron chi connectivity index (χ3n) is 3.28. The second kappa shape index (κ2) is 5.64. The molecule has 1 atom stereocenters. The molecule has 0 aliphatic heterocycles. The van der Waals surface area contributed by atoms with Gasteiger partial charge in [-0.1, -0.05) is 13.0 Å². The number of benzene rings is 1. The Morgan fingerprint density at radius 2 is 2.10 bits per heavy atom. The number of halogens is 1. The molecule has 2 aromatic heterocycles. The van der Waals surface area contributed by atoms with Crippen molar-refractivity contribution in [2.24, 2.45) is 0 Å². The van der Waals surface area contributed by atoms with Crippen LogP contribution >= 0.6 is 22.7 Å². The van der Waals surface area contributed by atoms with Crippen molar-refractivity contribution in [1.82, 2.24) is 5.32 Å². The molecule has 1 aromatic carbocycles. The summed E-state index contributed by atoms with van der Waals surface area (Å²) in [6, 6.07) is 9.58. The van der Waals surface area contributed by atoms with E-state index in [2.05, 4.69) is 36.7 Å². The SMILES string of the molecule is CCNC(c1csc(C)c1)c1cc2ccc(F)cc2s1. The molecule has 0 radical (unpaired) electrons. The van der Waals surface area contributed by atoms with Gasteiger partial charge in [-0.2, -0.15) is 0 Å². The fraction of sp³-hybridized carbons (Fsp3) is 0.250. The van der Waals surface area contributed by atoms with Crippen LogP contribution in [-0.2, 0) is 0 Å². The summed E-state index contributed by atoms with van der Waals surface area (Å²) in [4.78, 5) is 2.56. The quantitative estimate of drug-likeness (QED) is 0.706. The van der Waals surface area contributed by atoms with Crippen LogP contribution in [0.15, 0.2) is 35.7 Å². The molecule has 3 rings (SSSR count). The van der Waals surface area contributed by atoms with Gasteiger partial charge in [-0.05, 0) is 54.1 Å². The van der Waals surface area contributed by atoms with Gasteiger partial charge in [0.1, 0.15) is 5.82 Å². The molecule has 0 spiro atoms. The fourth-order valence-corrected chi connectivity index (χ4v) is 4.29. The van der Waals surface area contributed by atoms with E-state index in [9.17, 15) is 4.39 Å². The van der Waals surface area contributed by atoms with Crippen molar-refractivity contribution in [2.75, 3.05) is 6.54 Å². The Hall–Kier alpha value is -1.23. The minimum atomic E-state index is -0.169. The Morgan fingerprint density at radius 1 is 1.25 bits per heavy atom. The highest BCUT2D eigenvalue weighted by atomic mass is 32.1. The first kappa shape index (κ1) is 13.7. The standard InChI is InChI=1S/C16H16FNS2/c1-3-18-16(12-6-10(2)19-9-12)15-7-11-4-5-13(17)8-14(11)20-15/h4-9,16,18H,3H2,1-2H3. The van der Waals surface area contributed by atoms with E-state index in [0.29, 0.717) is 0 Å². The van der Waals surface area contributed by atoms with E-state index in [1.807, 2.05) is 6.07 Å². The van der Waals surface area contributed by atoms with Crippen LogP contribution in [0, 0.1) is 12.7 Å². The number of hydrogen-bond acceptors (Lipinski definition) is 3. The van der Waals surface area contributed by atoms with Crippen LogP contribution in [0.2, 0.25) is 0 Å². The lowest BCUT2D eigenvalue weighted by Gasteiger charge is -2.14. The van der Waals surface area contributed by atoms with Crippen molar-refractivity contribution in [1.29, 1.82) is 0 Å². The summed E-state index contributed by atoms with van der Waals surface area (Å²) in [6.45, 7) is 5.14. The largest absolute Gasteiger partial charge is 0.306 e. The van der Waals surface area contributed by atoms with Gasteiger partial charge < -0.3 is 5.32 Å². The van der Waals surface area contributed by atoms with Gasteiger partial charge in [0.2, 0.25) is 0 Å². The zero-order valence-electron chi connectivity index (χ0n) is 11.4. The van der Waals surface area contributed by atoms with E-state index in [4.69, 9.17) is 0 Å². The van der Waals surface area contributed by atoms with Gasteiger partial charge in [0.25, 0.3) is 0 Å². The number of thiophene rings is 2. The zero-order valence-corrected chi connectivity index (χ0v) is 13.1. The van der Waals surface area contributed by atoms with E-state index in [1.54, 1.807) is 28.7 Å². The van der Waals surface area contributed by atoms with Gasteiger partial charge in [-0.25, -0.2) is 4.39 Å². The van der Waals surface area contributed by atoms with Gasteiger partial charge in [0.15, 0.2) is 0 Å². The number of nitrogens with one attached hydrogen (secondary N) is 1. The maximum atomic E-state index is 13.3. The Morgan fingerprint density at radius 3 is 2.80 bits per heavy atom. The molecule has 1 nitrogen and oxygen atoms in total. The average molecular weight is 305 g/mol.